The number of aromatic amines is 1. The van der Waals surface area contributed by atoms with Crippen LogP contribution in [0.3, 0.4) is 0 Å². The number of alkyl halides is 6. The van der Waals surface area contributed by atoms with Crippen LogP contribution in [0.5, 0.6) is 0 Å². The van der Waals surface area contributed by atoms with Crippen LogP contribution < -0.4 is 0 Å². The standard InChI is InChI=1S/C27H19F6N5/c28-26(29,30)20-11-18(12-21(14-20)27(31,32)33)15-38-25(19-9-5-2-6-10-19)24(36-37-38)23-22(34-16-35-23)13-17-7-3-1-4-8-17/h1-12,14,16H,13,15H2,(H,34,35). The number of aromatic nitrogens is 5. The van der Waals surface area contributed by atoms with E-state index in [0.717, 1.165) is 11.3 Å². The van der Waals surface area contributed by atoms with Crippen molar-refractivity contribution in [1.82, 2.24) is 25.0 Å². The van der Waals surface area contributed by atoms with E-state index in [9.17, 15) is 26.3 Å². The number of halogens is 6. The minimum atomic E-state index is -4.95. The molecule has 5 aromatic rings. The third-order valence-corrected chi connectivity index (χ3v) is 5.93. The van der Waals surface area contributed by atoms with Crippen LogP contribution in [0.2, 0.25) is 0 Å². The topological polar surface area (TPSA) is 59.4 Å². The van der Waals surface area contributed by atoms with Crippen LogP contribution in [0.1, 0.15) is 27.9 Å². The lowest BCUT2D eigenvalue weighted by Gasteiger charge is -2.15. The summed E-state index contributed by atoms with van der Waals surface area (Å²) in [6.07, 6.45) is -7.90. The van der Waals surface area contributed by atoms with Gasteiger partial charge >= 0.3 is 12.4 Å². The number of benzene rings is 3. The van der Waals surface area contributed by atoms with Gasteiger partial charge in [0.1, 0.15) is 11.4 Å². The van der Waals surface area contributed by atoms with Gasteiger partial charge in [0, 0.05) is 17.7 Å². The molecule has 0 saturated carbocycles. The Hall–Kier alpha value is -4.41. The first kappa shape index (κ1) is 25.2. The lowest BCUT2D eigenvalue weighted by Crippen LogP contribution is -2.13. The Morgan fingerprint density at radius 1 is 0.711 bits per heavy atom. The summed E-state index contributed by atoms with van der Waals surface area (Å²) in [4.78, 5) is 7.51. The number of nitrogens with zero attached hydrogens (tertiary/aromatic N) is 4. The Labute approximate surface area is 212 Å². The summed E-state index contributed by atoms with van der Waals surface area (Å²) in [5.41, 5.74) is 0.636. The minimum Gasteiger partial charge on any atom is -0.348 e. The van der Waals surface area contributed by atoms with Crippen molar-refractivity contribution in [3.63, 3.8) is 0 Å². The molecular weight excluding hydrogens is 508 g/mol. The van der Waals surface area contributed by atoms with E-state index in [1.807, 2.05) is 30.3 Å². The van der Waals surface area contributed by atoms with Crippen molar-refractivity contribution in [2.45, 2.75) is 25.3 Å². The number of hydrogen-bond acceptors (Lipinski definition) is 3. The number of H-pyrrole nitrogens is 1. The Bertz CT molecular complexity index is 1500. The second kappa shape index (κ2) is 9.81. The number of nitrogens with one attached hydrogen (secondary N) is 1. The van der Waals surface area contributed by atoms with Crippen molar-refractivity contribution in [3.05, 3.63) is 113 Å². The first-order chi connectivity index (χ1) is 18.1. The van der Waals surface area contributed by atoms with Crippen LogP contribution >= 0.6 is 0 Å². The maximum atomic E-state index is 13.4. The fourth-order valence-electron chi connectivity index (χ4n) is 4.21. The Morgan fingerprint density at radius 3 is 1.92 bits per heavy atom. The molecule has 194 valence electrons. The zero-order valence-corrected chi connectivity index (χ0v) is 19.6. The van der Waals surface area contributed by atoms with Crippen LogP contribution in [0.25, 0.3) is 22.6 Å². The molecule has 38 heavy (non-hydrogen) atoms. The maximum Gasteiger partial charge on any atom is 0.416 e. The maximum absolute atomic E-state index is 13.4. The molecular formula is C27H19F6N5. The molecule has 0 atom stereocenters. The molecule has 1 N–H and O–H groups in total. The summed E-state index contributed by atoms with van der Waals surface area (Å²) in [6, 6.07) is 19.9. The van der Waals surface area contributed by atoms with Crippen molar-refractivity contribution in [1.29, 1.82) is 0 Å². The lowest BCUT2D eigenvalue weighted by atomic mass is 10.0. The van der Waals surface area contributed by atoms with Gasteiger partial charge in [-0.2, -0.15) is 26.3 Å². The van der Waals surface area contributed by atoms with Crippen molar-refractivity contribution in [3.8, 4) is 22.6 Å². The van der Waals surface area contributed by atoms with Crippen LogP contribution in [-0.2, 0) is 25.3 Å². The van der Waals surface area contributed by atoms with E-state index in [-0.39, 0.29) is 18.2 Å². The van der Waals surface area contributed by atoms with Gasteiger partial charge in [0.25, 0.3) is 0 Å². The van der Waals surface area contributed by atoms with E-state index in [4.69, 9.17) is 0 Å². The highest BCUT2D eigenvalue weighted by molar-refractivity contribution is 5.77. The SMILES string of the molecule is FC(F)(F)c1cc(Cn2nnc(-c3nc[nH]c3Cc3ccccc3)c2-c2ccccc2)cc(C(F)(F)F)c1. The van der Waals surface area contributed by atoms with Gasteiger partial charge in [0.05, 0.1) is 29.7 Å². The molecule has 11 heteroatoms. The first-order valence-corrected chi connectivity index (χ1v) is 11.4. The quantitative estimate of drug-likeness (QED) is 0.242. The third kappa shape index (κ3) is 5.31. The third-order valence-electron chi connectivity index (χ3n) is 5.93. The zero-order valence-electron chi connectivity index (χ0n) is 19.6. The predicted octanol–water partition coefficient (Wildman–Crippen LogP) is 7.01. The molecule has 5 nitrogen and oxygen atoms in total. The van der Waals surface area contributed by atoms with Crippen molar-refractivity contribution >= 4 is 0 Å². The van der Waals surface area contributed by atoms with Crippen LogP contribution in [-0.4, -0.2) is 25.0 Å². The molecule has 0 bridgehead atoms. The molecule has 2 heterocycles. The van der Waals surface area contributed by atoms with Gasteiger partial charge in [0.2, 0.25) is 0 Å². The molecule has 0 aliphatic carbocycles. The van der Waals surface area contributed by atoms with Gasteiger partial charge in [-0.15, -0.1) is 5.10 Å². The van der Waals surface area contributed by atoms with E-state index in [1.54, 1.807) is 30.3 Å². The average molecular weight is 527 g/mol. The summed E-state index contributed by atoms with van der Waals surface area (Å²) in [6.45, 7) is -0.372. The molecule has 0 aliphatic rings. The molecule has 0 fully saturated rings. The van der Waals surface area contributed by atoms with Gasteiger partial charge in [-0.1, -0.05) is 65.9 Å². The molecule has 0 spiro atoms. The largest absolute Gasteiger partial charge is 0.416 e. The Kier molecular flexibility index (Phi) is 6.52. The minimum absolute atomic E-state index is 0.105. The van der Waals surface area contributed by atoms with Gasteiger partial charge in [-0.3, -0.25) is 0 Å². The molecule has 5 rings (SSSR count). The van der Waals surface area contributed by atoms with Crippen molar-refractivity contribution < 1.29 is 26.3 Å². The average Bonchev–Trinajstić information content (AvgIpc) is 3.50. The Morgan fingerprint density at radius 2 is 1.32 bits per heavy atom. The summed E-state index contributed by atoms with van der Waals surface area (Å²) in [5, 5.41) is 8.39. The number of hydrogen-bond donors (Lipinski definition) is 1. The molecule has 0 unspecified atom stereocenters. The molecule has 3 aromatic carbocycles. The highest BCUT2D eigenvalue weighted by Crippen LogP contribution is 2.37. The Balaban J connectivity index is 1.61. The summed E-state index contributed by atoms with van der Waals surface area (Å²) < 4.78 is 81.8. The van der Waals surface area contributed by atoms with Gasteiger partial charge in [0.15, 0.2) is 0 Å². The van der Waals surface area contributed by atoms with Crippen molar-refractivity contribution in [2.24, 2.45) is 0 Å². The molecule has 0 radical (unpaired) electrons. The van der Waals surface area contributed by atoms with E-state index in [1.165, 1.54) is 11.0 Å². The normalized spacial score (nSPS) is 12.2. The van der Waals surface area contributed by atoms with Crippen molar-refractivity contribution in [2.75, 3.05) is 0 Å². The van der Waals surface area contributed by atoms with Gasteiger partial charge in [-0.25, -0.2) is 9.67 Å². The monoisotopic (exact) mass is 527 g/mol. The summed E-state index contributed by atoms with van der Waals surface area (Å²) in [7, 11) is 0. The molecule has 2 aromatic heterocycles. The van der Waals surface area contributed by atoms with Gasteiger partial charge < -0.3 is 4.98 Å². The molecule has 0 saturated heterocycles. The van der Waals surface area contributed by atoms with E-state index in [2.05, 4.69) is 20.3 Å². The molecule has 0 aliphatic heterocycles. The van der Waals surface area contributed by atoms with Gasteiger partial charge in [-0.05, 0) is 29.3 Å². The molecule has 0 amide bonds. The number of rotatable bonds is 6. The predicted molar refractivity (Wildman–Crippen MR) is 128 cm³/mol. The van der Waals surface area contributed by atoms with E-state index >= 15 is 0 Å². The van der Waals surface area contributed by atoms with Crippen LogP contribution in [0.4, 0.5) is 26.3 Å². The number of imidazole rings is 1. The summed E-state index contributed by atoms with van der Waals surface area (Å²) in [5.74, 6) is 0. The zero-order chi connectivity index (χ0) is 26.9. The fraction of sp³-hybridized carbons (Fsp3) is 0.148. The second-order valence-electron chi connectivity index (χ2n) is 8.62. The van der Waals surface area contributed by atoms with E-state index < -0.39 is 23.5 Å². The first-order valence-electron chi connectivity index (χ1n) is 11.4. The highest BCUT2D eigenvalue weighted by Gasteiger charge is 2.37. The summed E-state index contributed by atoms with van der Waals surface area (Å²) >= 11 is 0. The second-order valence-corrected chi connectivity index (χ2v) is 8.62. The van der Waals surface area contributed by atoms with E-state index in [0.29, 0.717) is 41.2 Å². The van der Waals surface area contributed by atoms with Crippen LogP contribution in [0.15, 0.2) is 85.2 Å². The fourth-order valence-corrected chi connectivity index (χ4v) is 4.21. The smallest absolute Gasteiger partial charge is 0.348 e. The highest BCUT2D eigenvalue weighted by atomic mass is 19.4. The lowest BCUT2D eigenvalue weighted by molar-refractivity contribution is -0.143. The van der Waals surface area contributed by atoms with Crippen LogP contribution in [0, 0.1) is 0 Å².